The highest BCUT2D eigenvalue weighted by Gasteiger charge is 1.63. The zero-order valence-electron chi connectivity index (χ0n) is 3.22. The van der Waals surface area contributed by atoms with Crippen molar-refractivity contribution in [1.82, 2.24) is 0 Å². The first-order valence-corrected chi connectivity index (χ1v) is 0.862. The molecule has 0 fully saturated rings. The lowest BCUT2D eigenvalue weighted by molar-refractivity contribution is -0.298. The van der Waals surface area contributed by atoms with Gasteiger partial charge in [-0.25, -0.2) is 0 Å². The second-order valence-corrected chi connectivity index (χ2v) is 0.390. The van der Waals surface area contributed by atoms with Crippen molar-refractivity contribution in [3.05, 3.63) is 0 Å². The average molecular weight is 74.0 g/mol. The molecule has 0 aromatic heterocycles. The van der Waals surface area contributed by atoms with E-state index in [1.165, 1.54) is 0 Å². The van der Waals surface area contributed by atoms with E-state index in [0.29, 0.717) is 0 Å². The predicted molar refractivity (Wildman–Crippen MR) is 11.1 cm³/mol. The zero-order chi connectivity index (χ0) is 5.15. The maximum atomic E-state index is 9.15. The Morgan fingerprint density at radius 3 is 2.40 bits per heavy atom. The van der Waals surface area contributed by atoms with Gasteiger partial charge in [-0.05, 0) is 0 Å². The van der Waals surface area contributed by atoms with E-state index < -0.39 is 12.2 Å². The Morgan fingerprint density at radius 1 is 2.20 bits per heavy atom. The summed E-state index contributed by atoms with van der Waals surface area (Å²) in [5.41, 5.74) is 0. The smallest absolute Gasteiger partial charge is 0.165 e. The van der Waals surface area contributed by atoms with Gasteiger partial charge in [0.1, 0.15) is 7.34 Å². The summed E-state index contributed by atoms with van der Waals surface area (Å²) >= 11 is 0. The summed E-state index contributed by atoms with van der Waals surface area (Å²) in [5, 5.41) is 9.05. The molecule has 0 unspecified atom stereocenters. The van der Waals surface area contributed by atoms with Crippen molar-refractivity contribution in [2.75, 3.05) is 0 Å². The first-order valence-electron chi connectivity index (χ1n) is 1.36. The van der Waals surface area contributed by atoms with Crippen LogP contribution in [0.1, 0.15) is 1.37 Å². The van der Waals surface area contributed by atoms with Crippen LogP contribution >= 0.6 is 0 Å². The van der Waals surface area contributed by atoms with E-state index in [9.17, 15) is 0 Å². The molecule has 0 bridgehead atoms. The highest BCUT2D eigenvalue weighted by atomic mass is 16.4. The molecule has 0 atom stereocenters. The van der Waals surface area contributed by atoms with Crippen LogP contribution < -0.4 is 5.11 Å². The molecule has 0 rings (SSSR count). The average Bonchev–Trinajstić information content (AvgIpc) is 1.36. The minimum Gasteiger partial charge on any atom is -0.542 e. The van der Waals surface area contributed by atoms with Crippen LogP contribution in [0.2, 0.25) is 0 Å². The number of carbonyl (C=O) groups excluding carboxylic acids is 2. The molecule has 0 aliphatic carbocycles. The lowest BCUT2D eigenvalue weighted by atomic mass is 10.8. The molecular weight excluding hydrogens is 72.0 g/mol. The fourth-order valence-corrected chi connectivity index (χ4v) is 0. The van der Waals surface area contributed by atoms with Crippen LogP contribution in [0.4, 0.5) is 0 Å². The summed E-state index contributed by atoms with van der Waals surface area (Å²) < 4.78 is 5.73. The van der Waals surface area contributed by atoms with Crippen LogP contribution in [0.25, 0.3) is 0 Å². The predicted octanol–water partition coefficient (Wildman–Crippen LogP) is -2.06. The number of aldehydes is 1. The van der Waals surface area contributed by atoms with Crippen LogP contribution in [0, 0.1) is 0 Å². The first kappa shape index (κ1) is 2.38. The summed E-state index contributed by atoms with van der Waals surface area (Å²) in [6, 6.07) is 0. The molecule has 0 N–H and O–H groups in total. The zero-order valence-corrected chi connectivity index (χ0v) is 2.22. The second-order valence-electron chi connectivity index (χ2n) is 0.390. The van der Waals surface area contributed by atoms with E-state index in [1.54, 1.807) is 0 Å². The van der Waals surface area contributed by atoms with Crippen molar-refractivity contribution in [2.45, 2.75) is 0 Å². The lowest BCUT2D eigenvalue weighted by Gasteiger charge is -1.76. The Hall–Kier alpha value is -0.860. The first-order chi connectivity index (χ1) is 2.64. The highest BCUT2D eigenvalue weighted by Crippen LogP contribution is 1.28. The molecule has 0 saturated heterocycles. The maximum absolute atomic E-state index is 9.15. The number of rotatable bonds is 1. The number of carboxylic acid groups (broad SMARTS) is 1. The molecular formula is C2HO3-. The molecule has 0 radical (unpaired) electrons. The van der Waals surface area contributed by atoms with E-state index in [0.717, 1.165) is 0 Å². The molecule has 0 spiro atoms. The Morgan fingerprint density at radius 2 is 2.40 bits per heavy atom. The van der Waals surface area contributed by atoms with Crippen LogP contribution in [0.15, 0.2) is 0 Å². The van der Waals surface area contributed by atoms with Gasteiger partial charge >= 0.3 is 0 Å². The van der Waals surface area contributed by atoms with E-state index >= 15 is 0 Å². The van der Waals surface area contributed by atoms with Gasteiger partial charge in [-0.2, -0.15) is 0 Å². The quantitative estimate of drug-likeness (QED) is 0.265. The fourth-order valence-electron chi connectivity index (χ4n) is 0. The Balaban J connectivity index is 3.57. The van der Waals surface area contributed by atoms with Crippen LogP contribution in [0.5, 0.6) is 0 Å². The van der Waals surface area contributed by atoms with Gasteiger partial charge in [0.2, 0.25) is 0 Å². The van der Waals surface area contributed by atoms with Gasteiger partial charge in [-0.15, -0.1) is 0 Å². The third-order valence-corrected chi connectivity index (χ3v) is 0.0833. The second kappa shape index (κ2) is 1.46. The van der Waals surface area contributed by atoms with E-state index in [2.05, 4.69) is 0 Å². The molecule has 0 aromatic carbocycles. The van der Waals surface area contributed by atoms with Crippen LogP contribution in [0.3, 0.4) is 0 Å². The topological polar surface area (TPSA) is 57.2 Å². The molecule has 0 heterocycles. The lowest BCUT2D eigenvalue weighted by Crippen LogP contribution is -2.22. The molecule has 28 valence electrons. The van der Waals surface area contributed by atoms with Gasteiger partial charge in [-0.1, -0.05) is 0 Å². The van der Waals surface area contributed by atoms with Crippen molar-refractivity contribution < 1.29 is 16.1 Å². The van der Waals surface area contributed by atoms with Crippen LogP contribution in [-0.2, 0) is 9.59 Å². The molecule has 0 amide bonds. The third-order valence-electron chi connectivity index (χ3n) is 0.0833. The SMILES string of the molecule is [2H]C(=O)C(=O)[O-]. The minimum atomic E-state index is -1.96. The molecule has 0 aliphatic rings. The van der Waals surface area contributed by atoms with Crippen molar-refractivity contribution in [1.29, 1.82) is 0 Å². The number of carboxylic acids is 1. The van der Waals surface area contributed by atoms with E-state index in [1.807, 2.05) is 0 Å². The van der Waals surface area contributed by atoms with Crippen molar-refractivity contribution >= 4 is 12.2 Å². The Bertz CT molecular complexity index is 74.8. The van der Waals surface area contributed by atoms with Crippen molar-refractivity contribution in [2.24, 2.45) is 0 Å². The molecule has 5 heavy (non-hydrogen) atoms. The van der Waals surface area contributed by atoms with Gasteiger partial charge in [0, 0.05) is 0 Å². The summed E-state index contributed by atoms with van der Waals surface area (Å²) in [7, 11) is 0. The van der Waals surface area contributed by atoms with Crippen molar-refractivity contribution in [3.63, 3.8) is 0 Å². The molecule has 0 aliphatic heterocycles. The summed E-state index contributed by atoms with van der Waals surface area (Å²) in [6.07, 6.45) is -1.69. The van der Waals surface area contributed by atoms with Gasteiger partial charge in [-0.3, -0.25) is 4.79 Å². The minimum absolute atomic E-state index is 1.69. The summed E-state index contributed by atoms with van der Waals surface area (Å²) in [5.74, 6) is -1.96. The summed E-state index contributed by atoms with van der Waals surface area (Å²) in [4.78, 5) is 18.2. The molecule has 0 aromatic rings. The normalized spacial score (nSPS) is 9.20. The van der Waals surface area contributed by atoms with Crippen LogP contribution in [-0.4, -0.2) is 12.2 Å². The van der Waals surface area contributed by atoms with Gasteiger partial charge in [0.05, 0.1) is 0 Å². The maximum Gasteiger partial charge on any atom is 0.165 e. The van der Waals surface area contributed by atoms with Gasteiger partial charge in [0.25, 0.3) is 0 Å². The standard InChI is InChI=1S/C2H2O3/c3-1-2(4)5/h1H,(H,4,5)/p-1/i1D. The summed E-state index contributed by atoms with van der Waals surface area (Å²) in [6.45, 7) is 0. The fraction of sp³-hybridized carbons (Fsp3) is 0. The molecule has 3 nitrogen and oxygen atoms in total. The Labute approximate surface area is 29.6 Å². The number of hydrogen-bond donors (Lipinski definition) is 0. The van der Waals surface area contributed by atoms with Gasteiger partial charge in [0.15, 0.2) is 6.26 Å². The van der Waals surface area contributed by atoms with Gasteiger partial charge < -0.3 is 9.90 Å². The number of hydrogen-bond acceptors (Lipinski definition) is 3. The number of carbonyl (C=O) groups is 2. The van der Waals surface area contributed by atoms with E-state index in [-0.39, 0.29) is 0 Å². The molecule has 3 heteroatoms. The Kier molecular flexibility index (Phi) is 0.695. The third kappa shape index (κ3) is 3.14. The monoisotopic (exact) mass is 74.0 g/mol. The highest BCUT2D eigenvalue weighted by molar-refractivity contribution is 6.17. The van der Waals surface area contributed by atoms with Crippen molar-refractivity contribution in [3.8, 4) is 0 Å². The number of aliphatic carboxylic acids is 1. The molecule has 0 saturated carbocycles. The largest absolute Gasteiger partial charge is 0.542 e. The van der Waals surface area contributed by atoms with E-state index in [4.69, 9.17) is 16.1 Å².